The fourth-order valence-corrected chi connectivity index (χ4v) is 5.67. The predicted octanol–water partition coefficient (Wildman–Crippen LogP) is 2.93. The first-order chi connectivity index (χ1) is 13.3. The van der Waals surface area contributed by atoms with Crippen molar-refractivity contribution < 1.29 is 27.5 Å². The molecule has 2 N–H and O–H groups in total. The Morgan fingerprint density at radius 1 is 1.04 bits per heavy atom. The standard InChI is InChI=1S/C20H29F3N2O3/c21-20(22,23)13-3-4-15(19(27)25-14-5-6-24-18(26)10-14)17(9-13)28-16-8-11-1-2-12(16)7-11/h11-17H,1-10H2,(H,24,26)(H,25,27)/t11-,12?,13?,14?,15?,16?,17?/m0/s1. The molecule has 0 aromatic carbocycles. The minimum Gasteiger partial charge on any atom is -0.374 e. The Hall–Kier alpha value is -1.31. The molecular formula is C20H29F3N2O3. The first-order valence-corrected chi connectivity index (χ1v) is 10.6. The summed E-state index contributed by atoms with van der Waals surface area (Å²) in [5.41, 5.74) is 0. The predicted molar refractivity (Wildman–Crippen MR) is 95.2 cm³/mol. The first kappa shape index (κ1) is 20.0. The van der Waals surface area contributed by atoms with Crippen molar-refractivity contribution in [2.45, 2.75) is 82.2 Å². The molecule has 4 aliphatic rings. The van der Waals surface area contributed by atoms with Crippen molar-refractivity contribution in [3.05, 3.63) is 0 Å². The average Bonchev–Trinajstić information content (AvgIpc) is 3.24. The summed E-state index contributed by atoms with van der Waals surface area (Å²) in [6, 6.07) is -0.246. The zero-order valence-electron chi connectivity index (χ0n) is 16.0. The maximum absolute atomic E-state index is 13.3. The van der Waals surface area contributed by atoms with Crippen LogP contribution in [0.25, 0.3) is 0 Å². The Morgan fingerprint density at radius 3 is 2.50 bits per heavy atom. The molecule has 1 saturated heterocycles. The Bertz CT molecular complexity index is 612. The van der Waals surface area contributed by atoms with Crippen molar-refractivity contribution >= 4 is 11.8 Å². The van der Waals surface area contributed by atoms with Crippen LogP contribution in [0.4, 0.5) is 13.2 Å². The van der Waals surface area contributed by atoms with Gasteiger partial charge < -0.3 is 15.4 Å². The smallest absolute Gasteiger partial charge is 0.374 e. The van der Waals surface area contributed by atoms with Crippen LogP contribution in [0.1, 0.15) is 57.8 Å². The molecule has 158 valence electrons. The number of alkyl halides is 3. The van der Waals surface area contributed by atoms with E-state index in [4.69, 9.17) is 4.74 Å². The second kappa shape index (κ2) is 7.84. The van der Waals surface area contributed by atoms with E-state index in [1.165, 1.54) is 6.42 Å². The molecule has 4 rings (SSSR count). The number of hydrogen-bond donors (Lipinski definition) is 2. The van der Waals surface area contributed by atoms with Crippen LogP contribution in [-0.2, 0) is 14.3 Å². The van der Waals surface area contributed by atoms with Crippen molar-refractivity contribution in [2.75, 3.05) is 6.54 Å². The second-order valence-corrected chi connectivity index (χ2v) is 9.09. The molecule has 28 heavy (non-hydrogen) atoms. The Morgan fingerprint density at radius 2 is 1.86 bits per heavy atom. The zero-order valence-corrected chi connectivity index (χ0v) is 16.0. The molecule has 0 aromatic heterocycles. The number of rotatable bonds is 4. The summed E-state index contributed by atoms with van der Waals surface area (Å²) in [4.78, 5) is 24.4. The van der Waals surface area contributed by atoms with E-state index < -0.39 is 24.1 Å². The van der Waals surface area contributed by atoms with Gasteiger partial charge in [-0.15, -0.1) is 0 Å². The van der Waals surface area contributed by atoms with E-state index in [0.29, 0.717) is 24.8 Å². The molecule has 4 fully saturated rings. The van der Waals surface area contributed by atoms with Crippen molar-refractivity contribution in [3.8, 4) is 0 Å². The van der Waals surface area contributed by atoms with Crippen molar-refractivity contribution in [2.24, 2.45) is 23.7 Å². The Kier molecular flexibility index (Phi) is 5.60. The molecule has 2 bridgehead atoms. The van der Waals surface area contributed by atoms with Crippen LogP contribution in [0.5, 0.6) is 0 Å². The van der Waals surface area contributed by atoms with Gasteiger partial charge in [0.2, 0.25) is 11.8 Å². The van der Waals surface area contributed by atoms with E-state index in [1.54, 1.807) is 0 Å². The van der Waals surface area contributed by atoms with Crippen molar-refractivity contribution in [1.82, 2.24) is 10.6 Å². The second-order valence-electron chi connectivity index (χ2n) is 9.09. The van der Waals surface area contributed by atoms with E-state index >= 15 is 0 Å². The van der Waals surface area contributed by atoms with Crippen molar-refractivity contribution in [3.63, 3.8) is 0 Å². The maximum Gasteiger partial charge on any atom is 0.391 e. The van der Waals surface area contributed by atoms with Gasteiger partial charge in [0.1, 0.15) is 0 Å². The monoisotopic (exact) mass is 402 g/mol. The van der Waals surface area contributed by atoms with Crippen LogP contribution >= 0.6 is 0 Å². The molecule has 0 spiro atoms. The van der Waals surface area contributed by atoms with Gasteiger partial charge in [0, 0.05) is 19.0 Å². The lowest BCUT2D eigenvalue weighted by molar-refractivity contribution is -0.204. The lowest BCUT2D eigenvalue weighted by atomic mass is 9.78. The number of carbonyl (C=O) groups is 2. The summed E-state index contributed by atoms with van der Waals surface area (Å²) < 4.78 is 46.2. The third-order valence-electron chi connectivity index (χ3n) is 7.21. The molecule has 0 aromatic rings. The van der Waals surface area contributed by atoms with Crippen LogP contribution < -0.4 is 10.6 Å². The molecule has 2 amide bonds. The molecule has 5 nitrogen and oxygen atoms in total. The number of nitrogens with one attached hydrogen (secondary N) is 2. The van der Waals surface area contributed by atoms with Crippen LogP contribution in [0.15, 0.2) is 0 Å². The lowest BCUT2D eigenvalue weighted by Crippen LogP contribution is -2.51. The SMILES string of the molecule is O=C1CC(NC(=O)C2CCC(C(F)(F)F)CC2OC2C[C@H]3CCC2C3)CCN1. The first-order valence-electron chi connectivity index (χ1n) is 10.6. The third-order valence-corrected chi connectivity index (χ3v) is 7.21. The summed E-state index contributed by atoms with van der Waals surface area (Å²) in [5.74, 6) is -1.27. The Labute approximate surface area is 163 Å². The van der Waals surface area contributed by atoms with E-state index in [2.05, 4.69) is 10.6 Å². The van der Waals surface area contributed by atoms with Gasteiger partial charge in [-0.05, 0) is 63.2 Å². The van der Waals surface area contributed by atoms with Crippen molar-refractivity contribution in [1.29, 1.82) is 0 Å². The molecule has 7 atom stereocenters. The summed E-state index contributed by atoms with van der Waals surface area (Å²) in [6.45, 7) is 0.510. The minimum absolute atomic E-state index is 0.00788. The van der Waals surface area contributed by atoms with Crippen LogP contribution in [0.2, 0.25) is 0 Å². The fraction of sp³-hybridized carbons (Fsp3) is 0.900. The molecule has 3 saturated carbocycles. The molecule has 6 unspecified atom stereocenters. The zero-order chi connectivity index (χ0) is 19.9. The maximum atomic E-state index is 13.3. The van der Waals surface area contributed by atoms with Gasteiger partial charge in [-0.3, -0.25) is 9.59 Å². The van der Waals surface area contributed by atoms with Gasteiger partial charge >= 0.3 is 6.18 Å². The largest absolute Gasteiger partial charge is 0.391 e. The van der Waals surface area contributed by atoms with E-state index in [-0.39, 0.29) is 49.6 Å². The van der Waals surface area contributed by atoms with E-state index in [0.717, 1.165) is 19.3 Å². The number of amides is 2. The van der Waals surface area contributed by atoms with Gasteiger partial charge in [-0.1, -0.05) is 0 Å². The number of ether oxygens (including phenoxy) is 1. The third kappa shape index (κ3) is 4.31. The minimum atomic E-state index is -4.25. The Balaban J connectivity index is 1.42. The molecule has 8 heteroatoms. The highest BCUT2D eigenvalue weighted by Crippen LogP contribution is 2.48. The molecule has 1 heterocycles. The summed E-state index contributed by atoms with van der Waals surface area (Å²) in [6.07, 6.45) is 0.211. The fourth-order valence-electron chi connectivity index (χ4n) is 5.67. The number of hydrogen-bond acceptors (Lipinski definition) is 3. The van der Waals surface area contributed by atoms with Crippen LogP contribution in [0, 0.1) is 23.7 Å². The molecular weight excluding hydrogens is 373 g/mol. The number of fused-ring (bicyclic) bond motifs is 2. The van der Waals surface area contributed by atoms with Gasteiger partial charge in [0.25, 0.3) is 0 Å². The number of piperidine rings is 1. The summed E-state index contributed by atoms with van der Waals surface area (Å²) >= 11 is 0. The van der Waals surface area contributed by atoms with Crippen LogP contribution in [0.3, 0.4) is 0 Å². The number of halogens is 3. The normalized spacial score (nSPS) is 41.0. The highest BCUT2D eigenvalue weighted by molar-refractivity contribution is 5.82. The topological polar surface area (TPSA) is 67.4 Å². The average molecular weight is 402 g/mol. The highest BCUT2D eigenvalue weighted by Gasteiger charge is 2.49. The number of carbonyl (C=O) groups excluding carboxylic acids is 2. The van der Waals surface area contributed by atoms with E-state index in [1.807, 2.05) is 0 Å². The van der Waals surface area contributed by atoms with Crippen LogP contribution in [-0.4, -0.2) is 42.8 Å². The lowest BCUT2D eigenvalue weighted by Gasteiger charge is -2.39. The quantitative estimate of drug-likeness (QED) is 0.760. The van der Waals surface area contributed by atoms with Gasteiger partial charge in [-0.25, -0.2) is 0 Å². The summed E-state index contributed by atoms with van der Waals surface area (Å²) in [7, 11) is 0. The molecule has 3 aliphatic carbocycles. The van der Waals surface area contributed by atoms with E-state index in [9.17, 15) is 22.8 Å². The van der Waals surface area contributed by atoms with Gasteiger partial charge in [0.15, 0.2) is 0 Å². The highest BCUT2D eigenvalue weighted by atomic mass is 19.4. The van der Waals surface area contributed by atoms with Gasteiger partial charge in [0.05, 0.1) is 24.0 Å². The van der Waals surface area contributed by atoms with Gasteiger partial charge in [-0.2, -0.15) is 13.2 Å². The molecule has 1 aliphatic heterocycles. The summed E-state index contributed by atoms with van der Waals surface area (Å²) in [5, 5.41) is 5.62. The molecule has 0 radical (unpaired) electrons.